The molecule has 3 rings (SSSR count). The Morgan fingerprint density at radius 3 is 2.52 bits per heavy atom. The van der Waals surface area contributed by atoms with Crippen molar-refractivity contribution < 1.29 is 21.6 Å². The van der Waals surface area contributed by atoms with E-state index in [0.29, 0.717) is 24.7 Å². The zero-order chi connectivity index (χ0) is 22.8. The molecule has 1 saturated heterocycles. The van der Waals surface area contributed by atoms with E-state index in [0.717, 1.165) is 19.0 Å². The fourth-order valence-corrected chi connectivity index (χ4v) is 5.68. The Bertz CT molecular complexity index is 1180. The van der Waals surface area contributed by atoms with E-state index in [9.17, 15) is 21.6 Å². The summed E-state index contributed by atoms with van der Waals surface area (Å²) in [5.74, 6) is -0.650. The predicted octanol–water partition coefficient (Wildman–Crippen LogP) is 2.60. The van der Waals surface area contributed by atoms with Crippen LogP contribution in [0.15, 0.2) is 40.5 Å². The maximum atomic E-state index is 12.8. The van der Waals surface area contributed by atoms with Crippen molar-refractivity contribution in [3.8, 4) is 0 Å². The van der Waals surface area contributed by atoms with Crippen LogP contribution < -0.4 is 5.32 Å². The minimum Gasteiger partial charge on any atom is -0.321 e. The molecule has 31 heavy (non-hydrogen) atoms. The van der Waals surface area contributed by atoms with Crippen molar-refractivity contribution in [3.05, 3.63) is 41.2 Å². The Labute approximate surface area is 186 Å². The van der Waals surface area contributed by atoms with Crippen LogP contribution in [-0.4, -0.2) is 55.9 Å². The molecule has 0 aliphatic carbocycles. The van der Waals surface area contributed by atoms with Gasteiger partial charge in [-0.3, -0.25) is 4.79 Å². The van der Waals surface area contributed by atoms with E-state index >= 15 is 0 Å². The van der Waals surface area contributed by atoms with Crippen molar-refractivity contribution in [2.24, 2.45) is 5.92 Å². The Hall–Kier alpha value is -2.08. The van der Waals surface area contributed by atoms with Crippen molar-refractivity contribution >= 4 is 43.1 Å². The van der Waals surface area contributed by atoms with Gasteiger partial charge in [-0.2, -0.15) is 4.31 Å². The highest BCUT2D eigenvalue weighted by atomic mass is 35.5. The minimum atomic E-state index is -3.71. The summed E-state index contributed by atoms with van der Waals surface area (Å²) in [6.07, 6.45) is 2.88. The first-order valence-electron chi connectivity index (χ1n) is 9.71. The lowest BCUT2D eigenvalue weighted by atomic mass is 10.0. The van der Waals surface area contributed by atoms with Crippen molar-refractivity contribution in [1.29, 1.82) is 0 Å². The fraction of sp³-hybridized carbons (Fsp3) is 0.421. The second-order valence-electron chi connectivity index (χ2n) is 7.34. The van der Waals surface area contributed by atoms with Crippen LogP contribution in [0, 0.1) is 5.92 Å². The molecule has 2 aromatic rings. The summed E-state index contributed by atoms with van der Waals surface area (Å²) in [5.41, 5.74) is 0.0215. The number of hydrogen-bond acceptors (Lipinski definition) is 7. The summed E-state index contributed by atoms with van der Waals surface area (Å²) in [6.45, 7) is 4.43. The number of sulfone groups is 1. The molecule has 1 unspecified atom stereocenters. The highest BCUT2D eigenvalue weighted by Gasteiger charge is 2.28. The molecule has 1 atom stereocenters. The van der Waals surface area contributed by atoms with Crippen LogP contribution in [0.1, 0.15) is 37.2 Å². The van der Waals surface area contributed by atoms with E-state index in [1.54, 1.807) is 0 Å². The number of nitrogens with one attached hydrogen (secondary N) is 1. The predicted molar refractivity (Wildman–Crippen MR) is 116 cm³/mol. The number of sulfonamides is 1. The Kier molecular flexibility index (Phi) is 6.99. The molecule has 1 aromatic heterocycles. The summed E-state index contributed by atoms with van der Waals surface area (Å²) < 4.78 is 51.1. The highest BCUT2D eigenvalue weighted by Crippen LogP contribution is 2.25. The van der Waals surface area contributed by atoms with Crippen molar-refractivity contribution in [2.75, 3.05) is 24.2 Å². The second-order valence-corrected chi connectivity index (χ2v) is 11.9. The summed E-state index contributed by atoms with van der Waals surface area (Å²) in [4.78, 5) is 20.2. The molecule has 1 amide bonds. The first kappa shape index (κ1) is 23.6. The number of hydrogen-bond donors (Lipinski definition) is 1. The summed E-state index contributed by atoms with van der Waals surface area (Å²) in [5, 5.41) is 1.95. The van der Waals surface area contributed by atoms with Crippen LogP contribution in [0.5, 0.6) is 0 Å². The van der Waals surface area contributed by atoms with Gasteiger partial charge in [-0.1, -0.05) is 25.4 Å². The third kappa shape index (κ3) is 5.22. The molecular formula is C19H23ClN4O5S2. The monoisotopic (exact) mass is 486 g/mol. The van der Waals surface area contributed by atoms with E-state index in [1.165, 1.54) is 35.5 Å². The standard InChI is InChI=1S/C19H23ClN4O5S2/c1-3-30(26,27)19-21-11-16(20)17(23-19)18(25)22-14-6-8-15(9-7-14)31(28,29)24-10-4-5-13(2)12-24/h6-9,11,13H,3-5,10,12H2,1-2H3,(H,22,25). The van der Waals surface area contributed by atoms with E-state index in [2.05, 4.69) is 15.3 Å². The number of rotatable bonds is 6. The van der Waals surface area contributed by atoms with Crippen LogP contribution >= 0.6 is 11.6 Å². The number of halogens is 1. The van der Waals surface area contributed by atoms with Gasteiger partial charge in [-0.25, -0.2) is 26.8 Å². The summed E-state index contributed by atoms with van der Waals surface area (Å²) >= 11 is 5.97. The maximum Gasteiger partial charge on any atom is 0.275 e. The van der Waals surface area contributed by atoms with Crippen molar-refractivity contribution in [2.45, 2.75) is 36.7 Å². The average Bonchev–Trinajstić information content (AvgIpc) is 2.74. The molecule has 0 bridgehead atoms. The van der Waals surface area contributed by atoms with E-state index in [-0.39, 0.29) is 21.4 Å². The quantitative estimate of drug-likeness (QED) is 0.621. The SMILES string of the molecule is CCS(=O)(=O)c1ncc(Cl)c(C(=O)Nc2ccc(S(=O)(=O)N3CCCC(C)C3)cc2)n1. The zero-order valence-corrected chi connectivity index (χ0v) is 19.5. The molecule has 0 radical (unpaired) electrons. The van der Waals surface area contributed by atoms with Gasteiger partial charge in [-0.15, -0.1) is 0 Å². The first-order valence-corrected chi connectivity index (χ1v) is 13.2. The van der Waals surface area contributed by atoms with Crippen LogP contribution in [0.25, 0.3) is 0 Å². The molecule has 1 aromatic carbocycles. The zero-order valence-electron chi connectivity index (χ0n) is 17.1. The first-order chi connectivity index (χ1) is 14.5. The molecule has 168 valence electrons. The number of benzene rings is 1. The van der Waals surface area contributed by atoms with Gasteiger partial charge in [0.05, 0.1) is 21.9 Å². The number of aromatic nitrogens is 2. The Morgan fingerprint density at radius 2 is 1.90 bits per heavy atom. The van der Waals surface area contributed by atoms with Gasteiger partial charge < -0.3 is 5.32 Å². The smallest absolute Gasteiger partial charge is 0.275 e. The largest absolute Gasteiger partial charge is 0.321 e. The normalized spacial score (nSPS) is 18.0. The second kappa shape index (κ2) is 9.19. The van der Waals surface area contributed by atoms with Gasteiger partial charge in [0.2, 0.25) is 25.0 Å². The van der Waals surface area contributed by atoms with Crippen LogP contribution in [0.2, 0.25) is 5.02 Å². The van der Waals surface area contributed by atoms with E-state index < -0.39 is 30.9 Å². The lowest BCUT2D eigenvalue weighted by Crippen LogP contribution is -2.39. The molecule has 1 aliphatic rings. The van der Waals surface area contributed by atoms with Gasteiger partial charge in [0.15, 0.2) is 5.69 Å². The van der Waals surface area contributed by atoms with E-state index in [4.69, 9.17) is 11.6 Å². The fourth-order valence-electron chi connectivity index (χ4n) is 3.20. The highest BCUT2D eigenvalue weighted by molar-refractivity contribution is 7.91. The van der Waals surface area contributed by atoms with Gasteiger partial charge in [-0.05, 0) is 43.0 Å². The topological polar surface area (TPSA) is 126 Å². The molecule has 9 nitrogen and oxygen atoms in total. The number of piperidine rings is 1. The molecule has 0 saturated carbocycles. The van der Waals surface area contributed by atoms with Crippen LogP contribution in [0.4, 0.5) is 5.69 Å². The number of amides is 1. The minimum absolute atomic E-state index is 0.106. The number of carbonyl (C=O) groups is 1. The van der Waals surface area contributed by atoms with Gasteiger partial charge in [0, 0.05) is 18.8 Å². The molecule has 12 heteroatoms. The van der Waals surface area contributed by atoms with Crippen molar-refractivity contribution in [3.63, 3.8) is 0 Å². The molecule has 1 aliphatic heterocycles. The summed E-state index contributed by atoms with van der Waals surface area (Å²) in [6, 6.07) is 5.74. The third-order valence-electron chi connectivity index (χ3n) is 4.96. The molecular weight excluding hydrogens is 464 g/mol. The molecule has 0 spiro atoms. The van der Waals surface area contributed by atoms with E-state index in [1.807, 2.05) is 6.92 Å². The number of anilines is 1. The molecule has 1 fully saturated rings. The average molecular weight is 487 g/mol. The van der Waals surface area contributed by atoms with Crippen LogP contribution in [-0.2, 0) is 19.9 Å². The lowest BCUT2D eigenvalue weighted by Gasteiger charge is -2.30. The molecule has 1 N–H and O–H groups in total. The maximum absolute atomic E-state index is 12.8. The number of carbonyl (C=O) groups excluding carboxylic acids is 1. The number of nitrogens with zero attached hydrogens (tertiary/aromatic N) is 3. The van der Waals surface area contributed by atoms with Gasteiger partial charge in [0.25, 0.3) is 5.91 Å². The lowest BCUT2D eigenvalue weighted by molar-refractivity contribution is 0.102. The Balaban J connectivity index is 1.79. The Morgan fingerprint density at radius 1 is 1.23 bits per heavy atom. The summed E-state index contributed by atoms with van der Waals surface area (Å²) in [7, 11) is -7.32. The van der Waals surface area contributed by atoms with Crippen molar-refractivity contribution in [1.82, 2.24) is 14.3 Å². The van der Waals surface area contributed by atoms with Crippen LogP contribution in [0.3, 0.4) is 0 Å². The van der Waals surface area contributed by atoms with Gasteiger partial charge >= 0.3 is 0 Å². The third-order valence-corrected chi connectivity index (χ3v) is 8.63. The van der Waals surface area contributed by atoms with Gasteiger partial charge in [0.1, 0.15) is 0 Å². The molecule has 2 heterocycles.